The van der Waals surface area contributed by atoms with Crippen LogP contribution in [0, 0.1) is 6.92 Å². The molecule has 1 saturated heterocycles. The fraction of sp³-hybridized carbons (Fsp3) is 0.421. The molecule has 8 heteroatoms. The Morgan fingerprint density at radius 3 is 2.70 bits per heavy atom. The summed E-state index contributed by atoms with van der Waals surface area (Å²) in [4.78, 5) is 30.8. The Bertz CT molecular complexity index is 864. The average Bonchev–Trinajstić information content (AvgIpc) is 3.26. The maximum absolute atomic E-state index is 13.0. The van der Waals surface area contributed by atoms with Gasteiger partial charge in [0, 0.05) is 18.2 Å². The molecule has 2 heterocycles. The summed E-state index contributed by atoms with van der Waals surface area (Å²) in [7, 11) is 3.14. The van der Waals surface area contributed by atoms with Crippen LogP contribution >= 0.6 is 11.3 Å². The summed E-state index contributed by atoms with van der Waals surface area (Å²) in [6.45, 7) is 2.38. The molecule has 0 spiro atoms. The van der Waals surface area contributed by atoms with E-state index >= 15 is 0 Å². The number of carbonyl (C=O) groups is 2. The van der Waals surface area contributed by atoms with Crippen LogP contribution in [0.2, 0.25) is 0 Å². The van der Waals surface area contributed by atoms with E-state index < -0.39 is 5.97 Å². The molecular formula is C19H22N2O5S. The van der Waals surface area contributed by atoms with Crippen molar-refractivity contribution in [2.45, 2.75) is 32.2 Å². The molecular weight excluding hydrogens is 368 g/mol. The molecule has 144 valence electrons. The van der Waals surface area contributed by atoms with Crippen molar-refractivity contribution in [3.63, 3.8) is 0 Å². The monoisotopic (exact) mass is 390 g/mol. The third-order valence-electron chi connectivity index (χ3n) is 4.67. The van der Waals surface area contributed by atoms with Gasteiger partial charge in [0.15, 0.2) is 11.5 Å². The highest BCUT2D eigenvalue weighted by Crippen LogP contribution is 2.36. The standard InChI is InChI=1S/C19H22N2O5S/c1-11-17(19(24)21-8-4-5-13(21)10-16(22)23)27-18(20-11)12-6-7-14(25-2)15(9-12)26-3/h6-7,9,13H,4-5,8,10H2,1-3H3,(H,22,23). The number of hydrogen-bond donors (Lipinski definition) is 1. The third kappa shape index (κ3) is 3.90. The van der Waals surface area contributed by atoms with Crippen molar-refractivity contribution in [2.24, 2.45) is 0 Å². The molecule has 1 aliphatic rings. The summed E-state index contributed by atoms with van der Waals surface area (Å²) in [5.74, 6) is 0.198. The Labute approximate surface area is 161 Å². The fourth-order valence-corrected chi connectivity index (χ4v) is 4.35. The van der Waals surface area contributed by atoms with Crippen LogP contribution in [0.25, 0.3) is 10.6 Å². The number of carbonyl (C=O) groups excluding carboxylic acids is 1. The van der Waals surface area contributed by atoms with Gasteiger partial charge in [0.05, 0.1) is 26.3 Å². The van der Waals surface area contributed by atoms with Crippen LogP contribution in [0.15, 0.2) is 18.2 Å². The van der Waals surface area contributed by atoms with E-state index in [2.05, 4.69) is 4.98 Å². The Hall–Kier alpha value is -2.61. The van der Waals surface area contributed by atoms with Gasteiger partial charge in [-0.25, -0.2) is 4.98 Å². The Balaban J connectivity index is 1.88. The highest BCUT2D eigenvalue weighted by molar-refractivity contribution is 7.17. The number of aliphatic carboxylic acids is 1. The first-order valence-electron chi connectivity index (χ1n) is 8.67. The van der Waals surface area contributed by atoms with E-state index in [0.717, 1.165) is 18.4 Å². The molecule has 0 radical (unpaired) electrons. The normalized spacial score (nSPS) is 16.4. The summed E-state index contributed by atoms with van der Waals surface area (Å²) in [6.07, 6.45) is 1.52. The number of nitrogens with zero attached hydrogens (tertiary/aromatic N) is 2. The maximum atomic E-state index is 13.0. The van der Waals surface area contributed by atoms with Crippen molar-refractivity contribution < 1.29 is 24.2 Å². The van der Waals surface area contributed by atoms with Gasteiger partial charge in [-0.3, -0.25) is 9.59 Å². The highest BCUT2D eigenvalue weighted by atomic mass is 32.1. The van der Waals surface area contributed by atoms with Gasteiger partial charge in [0.1, 0.15) is 9.88 Å². The van der Waals surface area contributed by atoms with E-state index in [1.165, 1.54) is 11.3 Å². The summed E-state index contributed by atoms with van der Waals surface area (Å²) in [6, 6.07) is 5.25. The van der Waals surface area contributed by atoms with E-state index in [9.17, 15) is 9.59 Å². The summed E-state index contributed by atoms with van der Waals surface area (Å²) in [5, 5.41) is 9.79. The molecule has 1 atom stereocenters. The largest absolute Gasteiger partial charge is 0.493 e. The molecule has 1 aliphatic heterocycles. The topological polar surface area (TPSA) is 89.0 Å². The van der Waals surface area contributed by atoms with Crippen molar-refractivity contribution >= 4 is 23.2 Å². The van der Waals surface area contributed by atoms with Gasteiger partial charge in [0.2, 0.25) is 0 Å². The smallest absolute Gasteiger partial charge is 0.305 e. The lowest BCUT2D eigenvalue weighted by molar-refractivity contribution is -0.137. The molecule has 0 aliphatic carbocycles. The van der Waals surface area contributed by atoms with Gasteiger partial charge in [0.25, 0.3) is 5.91 Å². The Morgan fingerprint density at radius 2 is 2.04 bits per heavy atom. The first-order chi connectivity index (χ1) is 12.9. The van der Waals surface area contributed by atoms with Crippen LogP contribution in [-0.4, -0.2) is 53.7 Å². The van der Waals surface area contributed by atoms with Crippen molar-refractivity contribution in [3.8, 4) is 22.1 Å². The minimum atomic E-state index is -0.883. The van der Waals surface area contributed by atoms with Crippen molar-refractivity contribution in [1.82, 2.24) is 9.88 Å². The average molecular weight is 390 g/mol. The van der Waals surface area contributed by atoms with E-state index in [4.69, 9.17) is 14.6 Å². The predicted molar refractivity (Wildman–Crippen MR) is 102 cm³/mol. The van der Waals surface area contributed by atoms with Gasteiger partial charge in [-0.2, -0.15) is 0 Å². The summed E-state index contributed by atoms with van der Waals surface area (Å²) >= 11 is 1.32. The van der Waals surface area contributed by atoms with E-state index in [1.807, 2.05) is 12.1 Å². The van der Waals surface area contributed by atoms with Crippen molar-refractivity contribution in [3.05, 3.63) is 28.8 Å². The van der Waals surface area contributed by atoms with Gasteiger partial charge in [-0.15, -0.1) is 11.3 Å². The minimum Gasteiger partial charge on any atom is -0.493 e. The number of thiazole rings is 1. The van der Waals surface area contributed by atoms with Crippen molar-refractivity contribution in [2.75, 3.05) is 20.8 Å². The number of ether oxygens (including phenoxy) is 2. The number of amides is 1. The lowest BCUT2D eigenvalue weighted by atomic mass is 10.1. The zero-order valence-corrected chi connectivity index (χ0v) is 16.3. The van der Waals surface area contributed by atoms with Crippen LogP contribution in [0.4, 0.5) is 0 Å². The minimum absolute atomic E-state index is 0.0217. The second kappa shape index (κ2) is 7.96. The number of hydrogen-bond acceptors (Lipinski definition) is 6. The Morgan fingerprint density at radius 1 is 1.30 bits per heavy atom. The second-order valence-corrected chi connectivity index (χ2v) is 7.39. The van der Waals surface area contributed by atoms with E-state index in [-0.39, 0.29) is 18.4 Å². The summed E-state index contributed by atoms with van der Waals surface area (Å²) in [5.41, 5.74) is 1.49. The van der Waals surface area contributed by atoms with Gasteiger partial charge in [-0.05, 0) is 38.0 Å². The predicted octanol–water partition coefficient (Wildman–Crippen LogP) is 3.22. The van der Waals surface area contributed by atoms with Crippen LogP contribution in [-0.2, 0) is 4.79 Å². The van der Waals surface area contributed by atoms with Crippen LogP contribution < -0.4 is 9.47 Å². The summed E-state index contributed by atoms with van der Waals surface area (Å²) < 4.78 is 10.6. The highest BCUT2D eigenvalue weighted by Gasteiger charge is 2.33. The first-order valence-corrected chi connectivity index (χ1v) is 9.48. The number of aryl methyl sites for hydroxylation is 1. The Kier molecular flexibility index (Phi) is 5.65. The molecule has 2 aromatic rings. The molecule has 1 aromatic heterocycles. The number of methoxy groups -OCH3 is 2. The number of aromatic nitrogens is 1. The van der Waals surface area contributed by atoms with Crippen LogP contribution in [0.3, 0.4) is 0 Å². The van der Waals surface area contributed by atoms with Gasteiger partial charge < -0.3 is 19.5 Å². The lowest BCUT2D eigenvalue weighted by Crippen LogP contribution is -2.36. The molecule has 0 saturated carbocycles. The number of benzene rings is 1. The molecule has 0 bridgehead atoms. The van der Waals surface area contributed by atoms with Gasteiger partial charge in [-0.1, -0.05) is 0 Å². The molecule has 1 N–H and O–H groups in total. The number of likely N-dealkylation sites (tertiary alicyclic amines) is 1. The third-order valence-corrected chi connectivity index (χ3v) is 5.86. The van der Waals surface area contributed by atoms with Crippen molar-refractivity contribution in [1.29, 1.82) is 0 Å². The molecule has 1 amide bonds. The molecule has 3 rings (SSSR count). The molecule has 27 heavy (non-hydrogen) atoms. The zero-order chi connectivity index (χ0) is 19.6. The maximum Gasteiger partial charge on any atom is 0.305 e. The molecule has 1 aromatic carbocycles. The van der Waals surface area contributed by atoms with E-state index in [0.29, 0.717) is 33.6 Å². The lowest BCUT2D eigenvalue weighted by Gasteiger charge is -2.22. The number of rotatable bonds is 6. The van der Waals surface area contributed by atoms with E-state index in [1.54, 1.807) is 32.1 Å². The molecule has 1 fully saturated rings. The first kappa shape index (κ1) is 19.2. The van der Waals surface area contributed by atoms with Crippen LogP contribution in [0.5, 0.6) is 11.5 Å². The fourth-order valence-electron chi connectivity index (χ4n) is 3.33. The molecule has 1 unspecified atom stereocenters. The number of carboxylic acid groups (broad SMARTS) is 1. The quantitative estimate of drug-likeness (QED) is 0.815. The second-order valence-electron chi connectivity index (χ2n) is 6.40. The van der Waals surface area contributed by atoms with Crippen LogP contribution in [0.1, 0.15) is 34.6 Å². The molecule has 7 nitrogen and oxygen atoms in total. The zero-order valence-electron chi connectivity index (χ0n) is 15.5. The van der Waals surface area contributed by atoms with Gasteiger partial charge >= 0.3 is 5.97 Å². The SMILES string of the molecule is COc1ccc(-c2nc(C)c(C(=O)N3CCCC3CC(=O)O)s2)cc1OC. The number of carboxylic acids is 1.